The van der Waals surface area contributed by atoms with Crippen LogP contribution in [-0.2, 0) is 6.54 Å². The lowest BCUT2D eigenvalue weighted by molar-refractivity contribution is 0.409. The zero-order chi connectivity index (χ0) is 15.1. The van der Waals surface area contributed by atoms with Crippen molar-refractivity contribution >= 4 is 0 Å². The third-order valence-electron chi connectivity index (χ3n) is 3.01. The average Bonchev–Trinajstić information content (AvgIpc) is 2.54. The molecule has 0 unspecified atom stereocenters. The number of rotatable bonds is 6. The molecular formula is C17H18N2O2. The Morgan fingerprint density at radius 1 is 1.14 bits per heavy atom. The lowest BCUT2D eigenvalue weighted by Gasteiger charge is -2.10. The third kappa shape index (κ3) is 3.98. The molecule has 4 heteroatoms. The average molecular weight is 282 g/mol. The Morgan fingerprint density at radius 2 is 1.95 bits per heavy atom. The Hall–Kier alpha value is -2.51. The molecule has 0 saturated carbocycles. The van der Waals surface area contributed by atoms with E-state index < -0.39 is 0 Å². The molecule has 0 aliphatic carbocycles. The van der Waals surface area contributed by atoms with E-state index in [0.29, 0.717) is 17.1 Å². The SMILES string of the molecule is CCNCc1ccc(Oc2cccc(OC)c2)c(C#N)c1. The zero-order valence-corrected chi connectivity index (χ0v) is 12.2. The first-order valence-electron chi connectivity index (χ1n) is 6.82. The molecule has 0 saturated heterocycles. The summed E-state index contributed by atoms with van der Waals surface area (Å²) in [5, 5.41) is 12.5. The summed E-state index contributed by atoms with van der Waals surface area (Å²) in [4.78, 5) is 0. The van der Waals surface area contributed by atoms with Gasteiger partial charge in [0, 0.05) is 12.6 Å². The van der Waals surface area contributed by atoms with Gasteiger partial charge in [0.2, 0.25) is 0 Å². The zero-order valence-electron chi connectivity index (χ0n) is 12.2. The van der Waals surface area contributed by atoms with Crippen molar-refractivity contribution < 1.29 is 9.47 Å². The predicted octanol–water partition coefficient (Wildman–Crippen LogP) is 3.47. The van der Waals surface area contributed by atoms with E-state index in [4.69, 9.17) is 9.47 Å². The van der Waals surface area contributed by atoms with E-state index in [-0.39, 0.29) is 0 Å². The van der Waals surface area contributed by atoms with Gasteiger partial charge in [-0.1, -0.05) is 19.1 Å². The molecule has 0 spiro atoms. The summed E-state index contributed by atoms with van der Waals surface area (Å²) >= 11 is 0. The maximum Gasteiger partial charge on any atom is 0.145 e. The first-order valence-corrected chi connectivity index (χ1v) is 6.82. The fourth-order valence-electron chi connectivity index (χ4n) is 1.92. The van der Waals surface area contributed by atoms with Crippen molar-refractivity contribution in [2.24, 2.45) is 0 Å². The number of hydrogen-bond donors (Lipinski definition) is 1. The summed E-state index contributed by atoms with van der Waals surface area (Å²) in [5.74, 6) is 1.91. The number of ether oxygens (including phenoxy) is 2. The van der Waals surface area contributed by atoms with Gasteiger partial charge in [-0.15, -0.1) is 0 Å². The van der Waals surface area contributed by atoms with Gasteiger partial charge in [-0.3, -0.25) is 0 Å². The molecule has 1 N–H and O–H groups in total. The highest BCUT2D eigenvalue weighted by Crippen LogP contribution is 2.28. The van der Waals surface area contributed by atoms with Gasteiger partial charge in [-0.05, 0) is 36.4 Å². The minimum atomic E-state index is 0.522. The lowest BCUT2D eigenvalue weighted by atomic mass is 10.1. The molecule has 2 rings (SSSR count). The lowest BCUT2D eigenvalue weighted by Crippen LogP contribution is -2.11. The van der Waals surface area contributed by atoms with Crippen LogP contribution in [0, 0.1) is 11.3 Å². The summed E-state index contributed by atoms with van der Waals surface area (Å²) in [6, 6.07) is 15.1. The Labute approximate surface area is 124 Å². The van der Waals surface area contributed by atoms with Crippen LogP contribution in [0.5, 0.6) is 17.2 Å². The summed E-state index contributed by atoms with van der Waals surface area (Å²) in [6.07, 6.45) is 0. The number of benzene rings is 2. The smallest absolute Gasteiger partial charge is 0.145 e. The van der Waals surface area contributed by atoms with Crippen molar-refractivity contribution in [3.05, 3.63) is 53.6 Å². The van der Waals surface area contributed by atoms with Crippen LogP contribution in [0.25, 0.3) is 0 Å². The van der Waals surface area contributed by atoms with Crippen LogP contribution in [0.3, 0.4) is 0 Å². The monoisotopic (exact) mass is 282 g/mol. The molecule has 0 radical (unpaired) electrons. The van der Waals surface area contributed by atoms with Gasteiger partial charge >= 0.3 is 0 Å². The summed E-state index contributed by atoms with van der Waals surface area (Å²) in [5.41, 5.74) is 1.58. The van der Waals surface area contributed by atoms with E-state index in [0.717, 1.165) is 24.4 Å². The number of hydrogen-bond acceptors (Lipinski definition) is 4. The molecule has 4 nitrogen and oxygen atoms in total. The fraction of sp³-hybridized carbons (Fsp3) is 0.235. The molecule has 2 aromatic carbocycles. The summed E-state index contributed by atoms with van der Waals surface area (Å²) < 4.78 is 10.9. The van der Waals surface area contributed by atoms with E-state index in [1.54, 1.807) is 13.2 Å². The van der Waals surface area contributed by atoms with Crippen molar-refractivity contribution in [3.8, 4) is 23.3 Å². The maximum absolute atomic E-state index is 9.27. The normalized spacial score (nSPS) is 9.95. The molecule has 0 fully saturated rings. The Morgan fingerprint density at radius 3 is 2.67 bits per heavy atom. The van der Waals surface area contributed by atoms with Crippen LogP contribution in [0.4, 0.5) is 0 Å². The summed E-state index contributed by atoms with van der Waals surface area (Å²) in [6.45, 7) is 3.68. The van der Waals surface area contributed by atoms with Gasteiger partial charge in [0.05, 0.1) is 12.7 Å². The number of nitrogens with one attached hydrogen (secondary N) is 1. The molecular weight excluding hydrogens is 264 g/mol. The highest BCUT2D eigenvalue weighted by molar-refractivity contribution is 5.48. The fourth-order valence-corrected chi connectivity index (χ4v) is 1.92. The second-order valence-electron chi connectivity index (χ2n) is 4.50. The van der Waals surface area contributed by atoms with E-state index in [2.05, 4.69) is 11.4 Å². The number of nitrogens with zero attached hydrogens (tertiary/aromatic N) is 1. The molecule has 0 atom stereocenters. The molecule has 2 aromatic rings. The van der Waals surface area contributed by atoms with Crippen molar-refractivity contribution in [2.75, 3.05) is 13.7 Å². The first-order chi connectivity index (χ1) is 10.3. The molecule has 0 aliphatic rings. The van der Waals surface area contributed by atoms with Crippen LogP contribution in [-0.4, -0.2) is 13.7 Å². The first kappa shape index (κ1) is 14.9. The van der Waals surface area contributed by atoms with E-state index >= 15 is 0 Å². The van der Waals surface area contributed by atoms with Crippen molar-refractivity contribution in [1.29, 1.82) is 5.26 Å². The molecule has 0 aromatic heterocycles. The minimum absolute atomic E-state index is 0.522. The van der Waals surface area contributed by atoms with Crippen LogP contribution < -0.4 is 14.8 Å². The number of nitriles is 1. The van der Waals surface area contributed by atoms with E-state index in [1.165, 1.54) is 0 Å². The van der Waals surface area contributed by atoms with Gasteiger partial charge in [-0.2, -0.15) is 5.26 Å². The van der Waals surface area contributed by atoms with Crippen LogP contribution in [0.15, 0.2) is 42.5 Å². The third-order valence-corrected chi connectivity index (χ3v) is 3.01. The van der Waals surface area contributed by atoms with Gasteiger partial charge in [0.15, 0.2) is 0 Å². The Balaban J connectivity index is 2.21. The van der Waals surface area contributed by atoms with Crippen LogP contribution >= 0.6 is 0 Å². The molecule has 0 amide bonds. The maximum atomic E-state index is 9.27. The predicted molar refractivity (Wildman–Crippen MR) is 81.6 cm³/mol. The number of methoxy groups -OCH3 is 1. The Kier molecular flexibility index (Phi) is 5.19. The summed E-state index contributed by atoms with van der Waals surface area (Å²) in [7, 11) is 1.61. The van der Waals surface area contributed by atoms with Crippen molar-refractivity contribution in [3.63, 3.8) is 0 Å². The van der Waals surface area contributed by atoms with Gasteiger partial charge in [-0.25, -0.2) is 0 Å². The van der Waals surface area contributed by atoms with Gasteiger partial charge in [0.1, 0.15) is 23.3 Å². The molecule has 0 heterocycles. The highest BCUT2D eigenvalue weighted by Gasteiger charge is 2.07. The quantitative estimate of drug-likeness (QED) is 0.881. The van der Waals surface area contributed by atoms with Crippen molar-refractivity contribution in [2.45, 2.75) is 13.5 Å². The highest BCUT2D eigenvalue weighted by atomic mass is 16.5. The largest absolute Gasteiger partial charge is 0.497 e. The standard InChI is InChI=1S/C17H18N2O2/c1-3-19-12-13-7-8-17(14(9-13)11-18)21-16-6-4-5-15(10-16)20-2/h4-10,19H,3,12H2,1-2H3. The topological polar surface area (TPSA) is 54.3 Å². The second kappa shape index (κ2) is 7.32. The van der Waals surface area contributed by atoms with Crippen molar-refractivity contribution in [1.82, 2.24) is 5.32 Å². The molecule has 21 heavy (non-hydrogen) atoms. The van der Waals surface area contributed by atoms with Gasteiger partial charge in [0.25, 0.3) is 0 Å². The molecule has 0 aliphatic heterocycles. The second-order valence-corrected chi connectivity index (χ2v) is 4.50. The Bertz CT molecular complexity index is 647. The molecule has 108 valence electrons. The van der Waals surface area contributed by atoms with Crippen LogP contribution in [0.2, 0.25) is 0 Å². The van der Waals surface area contributed by atoms with Gasteiger partial charge < -0.3 is 14.8 Å². The molecule has 0 bridgehead atoms. The van der Waals surface area contributed by atoms with Crippen LogP contribution in [0.1, 0.15) is 18.1 Å². The minimum Gasteiger partial charge on any atom is -0.497 e. The van der Waals surface area contributed by atoms with E-state index in [1.807, 2.05) is 43.3 Å². The van der Waals surface area contributed by atoms with E-state index in [9.17, 15) is 5.26 Å².